The van der Waals surface area contributed by atoms with Gasteiger partial charge in [-0.25, -0.2) is 4.79 Å². The number of hydrogen-bond acceptors (Lipinski definition) is 7. The molecule has 0 aliphatic carbocycles. The zero-order chi connectivity index (χ0) is 20.4. The number of nitrogens with zero attached hydrogens (tertiary/aromatic N) is 4. The van der Waals surface area contributed by atoms with Crippen LogP contribution in [0.5, 0.6) is 11.5 Å². The van der Waals surface area contributed by atoms with Crippen LogP contribution in [0.3, 0.4) is 0 Å². The van der Waals surface area contributed by atoms with E-state index in [1.807, 2.05) is 6.92 Å². The molecule has 0 unspecified atom stereocenters. The highest BCUT2D eigenvalue weighted by Crippen LogP contribution is 2.23. The van der Waals surface area contributed by atoms with Crippen LogP contribution < -0.4 is 15.1 Å². The first-order valence-electron chi connectivity index (χ1n) is 8.49. The smallest absolute Gasteiger partial charge is 0.387 e. The van der Waals surface area contributed by atoms with E-state index in [1.54, 1.807) is 30.3 Å². The maximum Gasteiger partial charge on any atom is 0.387 e. The number of aryl methyl sites for hydroxylation is 1. The second-order valence-corrected chi connectivity index (χ2v) is 6.07. The van der Waals surface area contributed by atoms with E-state index in [1.165, 1.54) is 22.9 Å². The molecule has 148 valence electrons. The first-order chi connectivity index (χ1) is 14.0. The number of fused-ring (bicyclic) bond motifs is 1. The summed E-state index contributed by atoms with van der Waals surface area (Å²) in [7, 11) is 0. The standard InChI is InChI=1S/C19H14F2N4O4/c1-11-8-18(26)29-16-9-14(6-7-15(11)16)27-10-17-22-23-24-25(17)12-2-4-13(5-3-12)28-19(20)21/h2-9,19H,10H2,1H3. The van der Waals surface area contributed by atoms with E-state index >= 15 is 0 Å². The second kappa shape index (κ2) is 7.66. The first-order valence-corrected chi connectivity index (χ1v) is 8.49. The Labute approximate surface area is 162 Å². The van der Waals surface area contributed by atoms with Crippen molar-refractivity contribution < 1.29 is 22.7 Å². The molecule has 2 aromatic carbocycles. The normalized spacial score (nSPS) is 11.2. The summed E-state index contributed by atoms with van der Waals surface area (Å²) in [6.45, 7) is -1.04. The van der Waals surface area contributed by atoms with Gasteiger partial charge in [0.1, 0.15) is 23.7 Å². The quantitative estimate of drug-likeness (QED) is 0.459. The van der Waals surface area contributed by atoms with E-state index in [9.17, 15) is 13.6 Å². The Morgan fingerprint density at radius 3 is 2.62 bits per heavy atom. The summed E-state index contributed by atoms with van der Waals surface area (Å²) in [5, 5.41) is 12.2. The maximum atomic E-state index is 12.3. The first kappa shape index (κ1) is 18.5. The largest absolute Gasteiger partial charge is 0.485 e. The molecule has 29 heavy (non-hydrogen) atoms. The highest BCUT2D eigenvalue weighted by molar-refractivity contribution is 5.81. The molecule has 0 radical (unpaired) electrons. The minimum Gasteiger partial charge on any atom is -0.485 e. The molecule has 0 N–H and O–H groups in total. The van der Waals surface area contributed by atoms with Crippen molar-refractivity contribution >= 4 is 11.0 Å². The summed E-state index contributed by atoms with van der Waals surface area (Å²) >= 11 is 0. The van der Waals surface area contributed by atoms with Crippen molar-refractivity contribution in [2.24, 2.45) is 0 Å². The molecule has 2 heterocycles. The molecule has 0 amide bonds. The molecule has 4 aromatic rings. The van der Waals surface area contributed by atoms with Crippen LogP contribution in [0.4, 0.5) is 8.78 Å². The topological polar surface area (TPSA) is 92.3 Å². The van der Waals surface area contributed by atoms with Gasteiger partial charge in [-0.1, -0.05) is 0 Å². The van der Waals surface area contributed by atoms with E-state index in [0.29, 0.717) is 22.8 Å². The molecule has 0 bridgehead atoms. The maximum absolute atomic E-state index is 12.3. The third-order valence-corrected chi connectivity index (χ3v) is 4.13. The van der Waals surface area contributed by atoms with Gasteiger partial charge < -0.3 is 13.9 Å². The van der Waals surface area contributed by atoms with Gasteiger partial charge in [0.05, 0.1) is 5.69 Å². The summed E-state index contributed by atoms with van der Waals surface area (Å²) in [5.41, 5.74) is 1.35. The van der Waals surface area contributed by atoms with Crippen LogP contribution in [-0.4, -0.2) is 26.8 Å². The molecule has 4 rings (SSSR count). The third-order valence-electron chi connectivity index (χ3n) is 4.13. The molecule has 0 aliphatic heterocycles. The van der Waals surface area contributed by atoms with Crippen molar-refractivity contribution in [2.45, 2.75) is 20.1 Å². The Bertz CT molecular complexity index is 1210. The number of tetrazole rings is 1. The predicted octanol–water partition coefficient (Wildman–Crippen LogP) is 3.26. The Morgan fingerprint density at radius 2 is 1.86 bits per heavy atom. The lowest BCUT2D eigenvalue weighted by Crippen LogP contribution is -2.07. The molecule has 0 saturated heterocycles. The van der Waals surface area contributed by atoms with Crippen LogP contribution >= 0.6 is 0 Å². The van der Waals surface area contributed by atoms with E-state index in [2.05, 4.69) is 20.3 Å². The van der Waals surface area contributed by atoms with Gasteiger partial charge in [0.2, 0.25) is 0 Å². The summed E-state index contributed by atoms with van der Waals surface area (Å²) in [5.74, 6) is 0.891. The molecule has 10 heteroatoms. The number of halogens is 2. The Morgan fingerprint density at radius 1 is 1.10 bits per heavy atom. The van der Waals surface area contributed by atoms with Gasteiger partial charge in [0, 0.05) is 17.5 Å². The van der Waals surface area contributed by atoms with Gasteiger partial charge in [0.15, 0.2) is 5.82 Å². The van der Waals surface area contributed by atoms with Crippen molar-refractivity contribution in [1.82, 2.24) is 20.2 Å². The van der Waals surface area contributed by atoms with Gasteiger partial charge in [-0.05, 0) is 59.3 Å². The minimum absolute atomic E-state index is 0.0302. The molecule has 8 nitrogen and oxygen atoms in total. The predicted molar refractivity (Wildman–Crippen MR) is 97.3 cm³/mol. The second-order valence-electron chi connectivity index (χ2n) is 6.07. The lowest BCUT2D eigenvalue weighted by molar-refractivity contribution is -0.0498. The fourth-order valence-corrected chi connectivity index (χ4v) is 2.81. The fraction of sp³-hybridized carbons (Fsp3) is 0.158. The van der Waals surface area contributed by atoms with Crippen molar-refractivity contribution in [1.29, 1.82) is 0 Å². The Balaban J connectivity index is 1.52. The van der Waals surface area contributed by atoms with Crippen molar-refractivity contribution in [3.63, 3.8) is 0 Å². The van der Waals surface area contributed by atoms with Crippen molar-refractivity contribution in [3.8, 4) is 17.2 Å². The Hall–Kier alpha value is -3.82. The number of rotatable bonds is 6. The highest BCUT2D eigenvalue weighted by Gasteiger charge is 2.11. The van der Waals surface area contributed by atoms with Crippen LogP contribution in [0, 0.1) is 6.92 Å². The lowest BCUT2D eigenvalue weighted by atomic mass is 10.1. The van der Waals surface area contributed by atoms with Crippen LogP contribution in [0.1, 0.15) is 11.4 Å². The van der Waals surface area contributed by atoms with Crippen LogP contribution in [0.15, 0.2) is 57.7 Å². The van der Waals surface area contributed by atoms with Gasteiger partial charge in [-0.15, -0.1) is 5.10 Å². The van der Waals surface area contributed by atoms with E-state index in [0.717, 1.165) is 10.9 Å². The molecule has 0 aliphatic rings. The zero-order valence-electron chi connectivity index (χ0n) is 15.1. The minimum atomic E-state index is -2.90. The molecule has 0 fully saturated rings. The summed E-state index contributed by atoms with van der Waals surface area (Å²) in [6.07, 6.45) is 0. The lowest BCUT2D eigenvalue weighted by Gasteiger charge is -2.09. The van der Waals surface area contributed by atoms with Gasteiger partial charge in [-0.2, -0.15) is 13.5 Å². The van der Waals surface area contributed by atoms with Gasteiger partial charge >= 0.3 is 12.2 Å². The van der Waals surface area contributed by atoms with Crippen LogP contribution in [0.2, 0.25) is 0 Å². The van der Waals surface area contributed by atoms with Crippen molar-refractivity contribution in [2.75, 3.05) is 0 Å². The van der Waals surface area contributed by atoms with Gasteiger partial charge in [-0.3, -0.25) is 0 Å². The summed E-state index contributed by atoms with van der Waals surface area (Å²) in [4.78, 5) is 11.6. The number of benzene rings is 2. The third kappa shape index (κ3) is 4.05. The molecule has 0 atom stereocenters. The average molecular weight is 400 g/mol. The summed E-state index contributed by atoms with van der Waals surface area (Å²) in [6, 6.07) is 12.5. The van der Waals surface area contributed by atoms with Crippen LogP contribution in [0.25, 0.3) is 16.7 Å². The summed E-state index contributed by atoms with van der Waals surface area (Å²) < 4.78 is 41.2. The van der Waals surface area contributed by atoms with E-state index in [4.69, 9.17) is 9.15 Å². The number of ether oxygens (including phenoxy) is 2. The molecule has 0 spiro atoms. The fourth-order valence-electron chi connectivity index (χ4n) is 2.81. The Kier molecular flexibility index (Phi) is 4.90. The van der Waals surface area contributed by atoms with Crippen molar-refractivity contribution in [3.05, 3.63) is 70.3 Å². The molecule has 2 aromatic heterocycles. The SMILES string of the molecule is Cc1cc(=O)oc2cc(OCc3nnnn3-c3ccc(OC(F)F)cc3)ccc12. The number of alkyl halides is 2. The zero-order valence-corrected chi connectivity index (χ0v) is 15.1. The molecule has 0 saturated carbocycles. The van der Waals surface area contributed by atoms with E-state index < -0.39 is 12.2 Å². The molecular formula is C19H14F2N4O4. The number of hydrogen-bond donors (Lipinski definition) is 0. The van der Waals surface area contributed by atoms with E-state index in [-0.39, 0.29) is 12.4 Å². The molecular weight excluding hydrogens is 386 g/mol. The van der Waals surface area contributed by atoms with Gasteiger partial charge in [0.25, 0.3) is 0 Å². The average Bonchev–Trinajstić information content (AvgIpc) is 3.14. The number of aromatic nitrogens is 4. The highest BCUT2D eigenvalue weighted by atomic mass is 19.3. The monoisotopic (exact) mass is 400 g/mol. The van der Waals surface area contributed by atoms with Crippen LogP contribution in [-0.2, 0) is 6.61 Å².